The first-order valence-electron chi connectivity index (χ1n) is 5.88. The minimum Gasteiger partial charge on any atom is -0.341 e. The molecule has 0 aromatic rings. The molecule has 4 heteroatoms. The Morgan fingerprint density at radius 3 is 2.44 bits per heavy atom. The Hall–Kier alpha value is -0.280. The number of carbonyl (C=O) groups excluding carboxylic acids is 1. The number of nitrogens with zero attached hydrogens (tertiary/aromatic N) is 1. The SMILES string of the molecule is CC(C)CC(C)(C)C(=O)N1CC[C@H](N)C1.Cl. The number of hydrogen-bond acceptors (Lipinski definition) is 2. The minimum absolute atomic E-state index is 0. The van der Waals surface area contributed by atoms with Gasteiger partial charge in [0, 0.05) is 24.5 Å². The molecule has 0 saturated carbocycles. The Morgan fingerprint density at radius 2 is 2.06 bits per heavy atom. The lowest BCUT2D eigenvalue weighted by Gasteiger charge is -2.30. The Labute approximate surface area is 105 Å². The molecule has 0 spiro atoms. The van der Waals surface area contributed by atoms with Crippen molar-refractivity contribution in [2.45, 2.75) is 46.6 Å². The summed E-state index contributed by atoms with van der Waals surface area (Å²) in [6.07, 6.45) is 1.89. The van der Waals surface area contributed by atoms with Crippen molar-refractivity contribution < 1.29 is 4.79 Å². The Balaban J connectivity index is 0.00000225. The maximum Gasteiger partial charge on any atom is 0.228 e. The van der Waals surface area contributed by atoms with Gasteiger partial charge in [0.1, 0.15) is 0 Å². The van der Waals surface area contributed by atoms with Crippen molar-refractivity contribution in [3.8, 4) is 0 Å². The van der Waals surface area contributed by atoms with Crippen molar-refractivity contribution in [2.75, 3.05) is 13.1 Å². The largest absolute Gasteiger partial charge is 0.341 e. The van der Waals surface area contributed by atoms with Gasteiger partial charge in [-0.05, 0) is 18.8 Å². The molecule has 0 aliphatic carbocycles. The summed E-state index contributed by atoms with van der Waals surface area (Å²) >= 11 is 0. The molecule has 1 atom stereocenters. The highest BCUT2D eigenvalue weighted by Gasteiger charge is 2.35. The Bertz CT molecular complexity index is 241. The fourth-order valence-corrected chi connectivity index (χ4v) is 2.51. The van der Waals surface area contributed by atoms with Crippen LogP contribution in [0.1, 0.15) is 40.5 Å². The maximum absolute atomic E-state index is 12.2. The average molecular weight is 249 g/mol. The first-order valence-corrected chi connectivity index (χ1v) is 5.88. The molecule has 1 heterocycles. The zero-order valence-electron chi connectivity index (χ0n) is 10.8. The molecule has 0 aromatic heterocycles. The van der Waals surface area contributed by atoms with Gasteiger partial charge in [-0.15, -0.1) is 12.4 Å². The monoisotopic (exact) mass is 248 g/mol. The van der Waals surface area contributed by atoms with Gasteiger partial charge in [0.05, 0.1) is 0 Å². The van der Waals surface area contributed by atoms with Crippen molar-refractivity contribution in [1.29, 1.82) is 0 Å². The highest BCUT2D eigenvalue weighted by Crippen LogP contribution is 2.29. The molecule has 2 N–H and O–H groups in total. The molecule has 1 aliphatic rings. The van der Waals surface area contributed by atoms with Crippen LogP contribution >= 0.6 is 12.4 Å². The molecule has 1 amide bonds. The van der Waals surface area contributed by atoms with E-state index in [9.17, 15) is 4.79 Å². The lowest BCUT2D eigenvalue weighted by molar-refractivity contribution is -0.140. The van der Waals surface area contributed by atoms with E-state index in [1.807, 2.05) is 18.7 Å². The van der Waals surface area contributed by atoms with E-state index in [4.69, 9.17) is 5.73 Å². The van der Waals surface area contributed by atoms with Crippen LogP contribution in [0.2, 0.25) is 0 Å². The van der Waals surface area contributed by atoms with Gasteiger partial charge < -0.3 is 10.6 Å². The van der Waals surface area contributed by atoms with E-state index in [2.05, 4.69) is 13.8 Å². The highest BCUT2D eigenvalue weighted by molar-refractivity contribution is 5.85. The van der Waals surface area contributed by atoms with Gasteiger partial charge in [0.25, 0.3) is 0 Å². The smallest absolute Gasteiger partial charge is 0.228 e. The minimum atomic E-state index is -0.238. The lowest BCUT2D eigenvalue weighted by atomic mass is 9.83. The summed E-state index contributed by atoms with van der Waals surface area (Å²) < 4.78 is 0. The molecule has 3 nitrogen and oxygen atoms in total. The summed E-state index contributed by atoms with van der Waals surface area (Å²) in [7, 11) is 0. The van der Waals surface area contributed by atoms with Crippen molar-refractivity contribution in [3.63, 3.8) is 0 Å². The zero-order chi connectivity index (χ0) is 11.6. The first-order chi connectivity index (χ1) is 6.83. The summed E-state index contributed by atoms with van der Waals surface area (Å²) in [6, 6.07) is 0.184. The van der Waals surface area contributed by atoms with E-state index in [1.165, 1.54) is 0 Å². The standard InChI is InChI=1S/C12H24N2O.ClH/c1-9(2)7-12(3,4)11(15)14-6-5-10(13)8-14;/h9-10H,5-8,13H2,1-4H3;1H/t10-;/m0./s1. The highest BCUT2D eigenvalue weighted by atomic mass is 35.5. The second kappa shape index (κ2) is 5.87. The molecule has 0 radical (unpaired) electrons. The zero-order valence-corrected chi connectivity index (χ0v) is 11.6. The van der Waals surface area contributed by atoms with Gasteiger partial charge >= 0.3 is 0 Å². The van der Waals surface area contributed by atoms with Gasteiger partial charge in [0.15, 0.2) is 0 Å². The van der Waals surface area contributed by atoms with E-state index in [1.54, 1.807) is 0 Å². The summed E-state index contributed by atoms with van der Waals surface area (Å²) in [5.41, 5.74) is 5.58. The maximum atomic E-state index is 12.2. The van der Waals surface area contributed by atoms with E-state index < -0.39 is 0 Å². The Morgan fingerprint density at radius 1 is 1.50 bits per heavy atom. The van der Waals surface area contributed by atoms with E-state index in [-0.39, 0.29) is 29.8 Å². The van der Waals surface area contributed by atoms with E-state index in [0.717, 1.165) is 25.9 Å². The van der Waals surface area contributed by atoms with Gasteiger partial charge in [-0.2, -0.15) is 0 Å². The quantitative estimate of drug-likeness (QED) is 0.831. The van der Waals surface area contributed by atoms with Crippen LogP contribution in [0.25, 0.3) is 0 Å². The third-order valence-electron chi connectivity index (χ3n) is 3.01. The number of rotatable bonds is 3. The van der Waals surface area contributed by atoms with Crippen molar-refractivity contribution in [3.05, 3.63) is 0 Å². The van der Waals surface area contributed by atoms with Crippen LogP contribution in [0.5, 0.6) is 0 Å². The molecule has 1 rings (SSSR count). The molecule has 96 valence electrons. The lowest BCUT2D eigenvalue weighted by Crippen LogP contribution is -2.41. The van der Waals surface area contributed by atoms with Gasteiger partial charge in [-0.1, -0.05) is 27.7 Å². The van der Waals surface area contributed by atoms with Crippen LogP contribution in [0, 0.1) is 11.3 Å². The predicted molar refractivity (Wildman–Crippen MR) is 69.7 cm³/mol. The molecular weight excluding hydrogens is 224 g/mol. The molecule has 0 bridgehead atoms. The normalized spacial score (nSPS) is 21.1. The topological polar surface area (TPSA) is 46.3 Å². The fraction of sp³-hybridized carbons (Fsp3) is 0.917. The third-order valence-corrected chi connectivity index (χ3v) is 3.01. The summed E-state index contributed by atoms with van der Waals surface area (Å²) in [6.45, 7) is 9.97. The molecule has 1 aliphatic heterocycles. The average Bonchev–Trinajstić information content (AvgIpc) is 2.48. The molecular formula is C12H25ClN2O. The van der Waals surface area contributed by atoms with E-state index in [0.29, 0.717) is 5.92 Å². The number of halogens is 1. The molecule has 0 aromatic carbocycles. The number of nitrogens with two attached hydrogens (primary N) is 1. The van der Waals surface area contributed by atoms with Crippen LogP contribution in [0.3, 0.4) is 0 Å². The van der Waals surface area contributed by atoms with Gasteiger partial charge in [0.2, 0.25) is 5.91 Å². The first kappa shape index (κ1) is 15.7. The second-order valence-electron chi connectivity index (χ2n) is 5.78. The second-order valence-corrected chi connectivity index (χ2v) is 5.78. The molecule has 0 unspecified atom stereocenters. The van der Waals surface area contributed by atoms with Crippen LogP contribution in [0.4, 0.5) is 0 Å². The van der Waals surface area contributed by atoms with Crippen LogP contribution < -0.4 is 5.73 Å². The van der Waals surface area contributed by atoms with Crippen LogP contribution in [-0.4, -0.2) is 29.9 Å². The Kier molecular flexibility index (Phi) is 5.77. The number of likely N-dealkylation sites (tertiary alicyclic amines) is 1. The van der Waals surface area contributed by atoms with Crippen molar-refractivity contribution >= 4 is 18.3 Å². The van der Waals surface area contributed by atoms with Crippen LogP contribution in [0.15, 0.2) is 0 Å². The number of carbonyl (C=O) groups is 1. The van der Waals surface area contributed by atoms with E-state index >= 15 is 0 Å². The van der Waals surface area contributed by atoms with Gasteiger partial charge in [-0.25, -0.2) is 0 Å². The third kappa shape index (κ3) is 3.95. The molecule has 1 saturated heterocycles. The molecule has 1 fully saturated rings. The van der Waals surface area contributed by atoms with Gasteiger partial charge in [-0.3, -0.25) is 4.79 Å². The predicted octanol–water partition coefficient (Wildman–Crippen LogP) is 2.04. The molecule has 16 heavy (non-hydrogen) atoms. The van der Waals surface area contributed by atoms with Crippen molar-refractivity contribution in [1.82, 2.24) is 4.90 Å². The summed E-state index contributed by atoms with van der Waals surface area (Å²) in [5.74, 6) is 0.823. The number of amides is 1. The fourth-order valence-electron chi connectivity index (χ4n) is 2.51. The summed E-state index contributed by atoms with van der Waals surface area (Å²) in [4.78, 5) is 14.1. The van der Waals surface area contributed by atoms with Crippen molar-refractivity contribution in [2.24, 2.45) is 17.1 Å². The van der Waals surface area contributed by atoms with Crippen LogP contribution in [-0.2, 0) is 4.79 Å². The summed E-state index contributed by atoms with van der Waals surface area (Å²) in [5, 5.41) is 0. The number of hydrogen-bond donors (Lipinski definition) is 1.